The van der Waals surface area contributed by atoms with Crippen molar-refractivity contribution in [2.45, 2.75) is 155 Å². The zero-order valence-electron chi connectivity index (χ0n) is 24.9. The van der Waals surface area contributed by atoms with Crippen LogP contribution in [0.5, 0.6) is 0 Å². The third kappa shape index (κ3) is 18.4. The molecule has 0 heterocycles. The molecule has 0 aromatic heterocycles. The Kier molecular flexibility index (Phi) is 22.9. The number of carbonyl (C=O) groups excluding carboxylic acids is 2. The molecule has 0 aliphatic carbocycles. The van der Waals surface area contributed by atoms with E-state index in [-0.39, 0.29) is 0 Å². The first-order chi connectivity index (χ1) is 18.7. The van der Waals surface area contributed by atoms with E-state index >= 15 is 0 Å². The summed E-state index contributed by atoms with van der Waals surface area (Å²) in [6.07, 6.45) is 27.6. The summed E-state index contributed by atoms with van der Waals surface area (Å²) >= 11 is 0. The fraction of sp³-hybridized carbons (Fsp3) is 0.765. The third-order valence-corrected chi connectivity index (χ3v) is 7.33. The van der Waals surface area contributed by atoms with Gasteiger partial charge in [-0.15, -0.1) is 0 Å². The Morgan fingerprint density at radius 3 is 1.00 bits per heavy atom. The smallest absolute Gasteiger partial charge is 0.339 e. The van der Waals surface area contributed by atoms with Crippen LogP contribution in [0.25, 0.3) is 0 Å². The van der Waals surface area contributed by atoms with Crippen molar-refractivity contribution in [2.24, 2.45) is 0 Å². The number of rotatable bonds is 26. The molecule has 0 amide bonds. The van der Waals surface area contributed by atoms with Crippen molar-refractivity contribution >= 4 is 11.9 Å². The van der Waals surface area contributed by atoms with Crippen molar-refractivity contribution in [3.63, 3.8) is 0 Å². The standard InChI is InChI=1S/C34H58O4/c1-3-5-7-9-11-13-15-17-19-21-25-29-37-33(35)31-27-23-24-28-32(31)34(36)38-30-26-22-20-18-16-14-12-10-8-6-4-2/h23-24,27-28H,3-22,25-26,29-30H2,1-2H3. The molecule has 0 unspecified atom stereocenters. The summed E-state index contributed by atoms with van der Waals surface area (Å²) in [4.78, 5) is 25.2. The molecular formula is C34H58O4. The molecule has 1 rings (SSSR count). The van der Waals surface area contributed by atoms with Gasteiger partial charge in [0.05, 0.1) is 24.3 Å². The summed E-state index contributed by atoms with van der Waals surface area (Å²) in [5, 5.41) is 0. The van der Waals surface area contributed by atoms with Crippen LogP contribution in [0.15, 0.2) is 24.3 Å². The molecule has 38 heavy (non-hydrogen) atoms. The van der Waals surface area contributed by atoms with Crippen LogP contribution in [0.2, 0.25) is 0 Å². The molecule has 4 heteroatoms. The molecule has 0 bridgehead atoms. The lowest BCUT2D eigenvalue weighted by Crippen LogP contribution is -2.15. The molecule has 4 nitrogen and oxygen atoms in total. The summed E-state index contributed by atoms with van der Waals surface area (Å²) in [6, 6.07) is 6.84. The largest absolute Gasteiger partial charge is 0.462 e. The van der Waals surface area contributed by atoms with Crippen molar-refractivity contribution in [3.05, 3.63) is 35.4 Å². The highest BCUT2D eigenvalue weighted by molar-refractivity contribution is 6.03. The first kappa shape index (κ1) is 34.2. The van der Waals surface area contributed by atoms with Gasteiger partial charge in [-0.1, -0.05) is 154 Å². The molecule has 0 aliphatic rings. The number of ether oxygens (including phenoxy) is 2. The van der Waals surface area contributed by atoms with Crippen molar-refractivity contribution in [3.8, 4) is 0 Å². The van der Waals surface area contributed by atoms with Gasteiger partial charge in [-0.25, -0.2) is 9.59 Å². The Bertz CT molecular complexity index is 640. The van der Waals surface area contributed by atoms with E-state index in [2.05, 4.69) is 13.8 Å². The van der Waals surface area contributed by atoms with Crippen LogP contribution in [0.3, 0.4) is 0 Å². The van der Waals surface area contributed by atoms with Crippen LogP contribution in [0.4, 0.5) is 0 Å². The van der Waals surface area contributed by atoms with Crippen LogP contribution in [0, 0.1) is 0 Å². The first-order valence-electron chi connectivity index (χ1n) is 16.1. The molecule has 0 N–H and O–H groups in total. The minimum absolute atomic E-state index is 0.305. The van der Waals surface area contributed by atoms with E-state index in [0.29, 0.717) is 24.3 Å². The maximum absolute atomic E-state index is 12.6. The van der Waals surface area contributed by atoms with Gasteiger partial charge in [0.15, 0.2) is 0 Å². The normalized spacial score (nSPS) is 11.0. The van der Waals surface area contributed by atoms with Gasteiger partial charge in [-0.2, -0.15) is 0 Å². The fourth-order valence-electron chi connectivity index (χ4n) is 4.86. The summed E-state index contributed by atoms with van der Waals surface area (Å²) < 4.78 is 10.9. The van der Waals surface area contributed by atoms with Gasteiger partial charge in [-0.3, -0.25) is 0 Å². The minimum atomic E-state index is -0.431. The fourth-order valence-corrected chi connectivity index (χ4v) is 4.86. The van der Waals surface area contributed by atoms with E-state index in [1.165, 1.54) is 116 Å². The average Bonchev–Trinajstić information content (AvgIpc) is 2.94. The maximum Gasteiger partial charge on any atom is 0.339 e. The van der Waals surface area contributed by atoms with E-state index in [0.717, 1.165) is 25.7 Å². The Balaban J connectivity index is 2.12. The van der Waals surface area contributed by atoms with Gasteiger partial charge in [0.25, 0.3) is 0 Å². The number of esters is 2. The molecule has 1 aromatic carbocycles. The molecule has 0 saturated heterocycles. The summed E-state index contributed by atoms with van der Waals surface area (Å²) in [5.41, 5.74) is 0.610. The first-order valence-corrected chi connectivity index (χ1v) is 16.1. The second kappa shape index (κ2) is 25.4. The Morgan fingerprint density at radius 1 is 0.447 bits per heavy atom. The zero-order chi connectivity index (χ0) is 27.5. The predicted octanol–water partition coefficient (Wildman–Crippen LogP) is 10.6. The van der Waals surface area contributed by atoms with Crippen LogP contribution >= 0.6 is 0 Å². The SMILES string of the molecule is CCCCCCCCCCCCCOC(=O)c1ccccc1C(=O)OCCCCCCCCCCCCC. The summed E-state index contributed by atoms with van der Waals surface area (Å²) in [7, 11) is 0. The van der Waals surface area contributed by atoms with Crippen LogP contribution in [-0.2, 0) is 9.47 Å². The van der Waals surface area contributed by atoms with E-state index in [9.17, 15) is 9.59 Å². The Hall–Kier alpha value is -1.84. The van der Waals surface area contributed by atoms with E-state index in [4.69, 9.17) is 9.47 Å². The van der Waals surface area contributed by atoms with Crippen molar-refractivity contribution in [2.75, 3.05) is 13.2 Å². The van der Waals surface area contributed by atoms with Gasteiger partial charge in [0.2, 0.25) is 0 Å². The quantitative estimate of drug-likeness (QED) is 0.0882. The Morgan fingerprint density at radius 2 is 0.711 bits per heavy atom. The maximum atomic E-state index is 12.6. The molecule has 0 radical (unpaired) electrons. The predicted molar refractivity (Wildman–Crippen MR) is 160 cm³/mol. The average molecular weight is 531 g/mol. The third-order valence-electron chi connectivity index (χ3n) is 7.33. The van der Waals surface area contributed by atoms with E-state index in [1.54, 1.807) is 24.3 Å². The number of carbonyl (C=O) groups is 2. The van der Waals surface area contributed by atoms with Gasteiger partial charge >= 0.3 is 11.9 Å². The molecule has 0 atom stereocenters. The van der Waals surface area contributed by atoms with E-state index in [1.807, 2.05) is 0 Å². The lowest BCUT2D eigenvalue weighted by Gasteiger charge is -2.10. The molecule has 0 aliphatic heterocycles. The number of hydrogen-bond donors (Lipinski definition) is 0. The summed E-state index contributed by atoms with van der Waals surface area (Å²) in [5.74, 6) is -0.862. The van der Waals surface area contributed by atoms with E-state index < -0.39 is 11.9 Å². The minimum Gasteiger partial charge on any atom is -0.462 e. The zero-order valence-corrected chi connectivity index (χ0v) is 24.9. The van der Waals surface area contributed by atoms with Gasteiger partial charge in [0, 0.05) is 0 Å². The second-order valence-electron chi connectivity index (χ2n) is 10.9. The van der Waals surface area contributed by atoms with Gasteiger partial charge < -0.3 is 9.47 Å². The lowest BCUT2D eigenvalue weighted by molar-refractivity contribution is 0.0450. The number of benzene rings is 1. The van der Waals surface area contributed by atoms with Gasteiger partial charge in [-0.05, 0) is 25.0 Å². The highest BCUT2D eigenvalue weighted by atomic mass is 16.5. The molecule has 1 aromatic rings. The van der Waals surface area contributed by atoms with Crippen molar-refractivity contribution in [1.29, 1.82) is 0 Å². The van der Waals surface area contributed by atoms with Crippen LogP contribution in [0.1, 0.15) is 176 Å². The summed E-state index contributed by atoms with van der Waals surface area (Å²) in [6.45, 7) is 5.31. The highest BCUT2D eigenvalue weighted by Gasteiger charge is 2.18. The van der Waals surface area contributed by atoms with Crippen LogP contribution < -0.4 is 0 Å². The number of unbranched alkanes of at least 4 members (excludes halogenated alkanes) is 20. The van der Waals surface area contributed by atoms with Crippen LogP contribution in [-0.4, -0.2) is 25.2 Å². The van der Waals surface area contributed by atoms with Crippen molar-refractivity contribution in [1.82, 2.24) is 0 Å². The second-order valence-corrected chi connectivity index (χ2v) is 10.9. The van der Waals surface area contributed by atoms with Crippen molar-refractivity contribution < 1.29 is 19.1 Å². The topological polar surface area (TPSA) is 52.6 Å². The number of hydrogen-bond acceptors (Lipinski definition) is 4. The monoisotopic (exact) mass is 530 g/mol. The van der Waals surface area contributed by atoms with Gasteiger partial charge in [0.1, 0.15) is 0 Å². The highest BCUT2D eigenvalue weighted by Crippen LogP contribution is 2.15. The molecule has 0 fully saturated rings. The molecule has 0 spiro atoms. The Labute approximate surface area is 234 Å². The molecular weight excluding hydrogens is 472 g/mol. The lowest BCUT2D eigenvalue weighted by atomic mass is 10.1. The molecule has 218 valence electrons. The molecule has 0 saturated carbocycles.